The van der Waals surface area contributed by atoms with E-state index in [1.807, 2.05) is 0 Å². The maximum absolute atomic E-state index is 10.9. The van der Waals surface area contributed by atoms with E-state index in [0.717, 1.165) is 0 Å². The third-order valence-electron chi connectivity index (χ3n) is 3.72. The molecule has 9 heteroatoms. The number of rotatable bonds is 6. The lowest BCUT2D eigenvalue weighted by Gasteiger charge is -2.17. The lowest BCUT2D eigenvalue weighted by Crippen LogP contribution is -2.35. The fourth-order valence-corrected chi connectivity index (χ4v) is 3.42. The van der Waals surface area contributed by atoms with E-state index in [0.29, 0.717) is 17.8 Å². The Bertz CT molecular complexity index is 535. The van der Waals surface area contributed by atoms with Gasteiger partial charge in [-0.25, -0.2) is 0 Å². The molecule has 5 N–H and O–H groups in total. The van der Waals surface area contributed by atoms with Gasteiger partial charge in [-0.05, 0) is 24.1 Å². The Hall–Kier alpha value is -1.71. The first kappa shape index (κ1) is 15.7. The van der Waals surface area contributed by atoms with E-state index in [1.165, 1.54) is 17.4 Å². The van der Waals surface area contributed by atoms with Gasteiger partial charge in [0, 0.05) is 12.5 Å². The summed E-state index contributed by atoms with van der Waals surface area (Å²) in [6.07, 6.45) is -1.06. The number of thiophene rings is 1. The van der Waals surface area contributed by atoms with Gasteiger partial charge in [0.2, 0.25) is 5.91 Å². The summed E-state index contributed by atoms with van der Waals surface area (Å²) in [6, 6.07) is 0.894. The number of carbonyl (C=O) groups excluding carboxylic acids is 1. The SMILES string of the molecule is NC(=O)CCC1CC(Nc2sccc2[N+](=O)[O-])C(O)C1O. The molecular formula is C12H17N3O5S. The highest BCUT2D eigenvalue weighted by Crippen LogP contribution is 2.36. The van der Waals surface area contributed by atoms with Crippen molar-refractivity contribution in [2.45, 2.75) is 37.5 Å². The predicted molar refractivity (Wildman–Crippen MR) is 76.9 cm³/mol. The Labute approximate surface area is 124 Å². The molecule has 0 bridgehead atoms. The first-order valence-electron chi connectivity index (χ1n) is 6.53. The fraction of sp³-hybridized carbons (Fsp3) is 0.583. The molecule has 21 heavy (non-hydrogen) atoms. The van der Waals surface area contributed by atoms with Crippen LogP contribution in [-0.4, -0.2) is 39.3 Å². The van der Waals surface area contributed by atoms with Crippen molar-refractivity contribution in [2.75, 3.05) is 5.32 Å². The van der Waals surface area contributed by atoms with Gasteiger partial charge in [-0.15, -0.1) is 11.3 Å². The molecule has 0 aromatic carbocycles. The van der Waals surface area contributed by atoms with Gasteiger partial charge in [-0.1, -0.05) is 0 Å². The van der Waals surface area contributed by atoms with Crippen LogP contribution in [-0.2, 0) is 4.79 Å². The van der Waals surface area contributed by atoms with Crippen LogP contribution in [0.5, 0.6) is 0 Å². The molecule has 0 aliphatic heterocycles. The highest BCUT2D eigenvalue weighted by Gasteiger charge is 2.41. The van der Waals surface area contributed by atoms with Crippen LogP contribution in [0.4, 0.5) is 10.7 Å². The van der Waals surface area contributed by atoms with Crippen LogP contribution in [0.15, 0.2) is 11.4 Å². The molecule has 4 unspecified atom stereocenters. The second kappa shape index (κ2) is 6.37. The van der Waals surface area contributed by atoms with E-state index < -0.39 is 29.1 Å². The number of nitrogens with two attached hydrogens (primary N) is 1. The number of nitro groups is 1. The zero-order chi connectivity index (χ0) is 15.6. The number of amides is 1. The van der Waals surface area contributed by atoms with Gasteiger partial charge in [0.25, 0.3) is 0 Å². The summed E-state index contributed by atoms with van der Waals surface area (Å²) < 4.78 is 0. The van der Waals surface area contributed by atoms with Crippen LogP contribution in [0.25, 0.3) is 0 Å². The molecule has 1 saturated carbocycles. The minimum atomic E-state index is -1.04. The highest BCUT2D eigenvalue weighted by atomic mass is 32.1. The van der Waals surface area contributed by atoms with Gasteiger partial charge in [0.1, 0.15) is 6.10 Å². The number of nitrogens with zero attached hydrogens (tertiary/aromatic N) is 1. The van der Waals surface area contributed by atoms with E-state index in [4.69, 9.17) is 5.73 Å². The molecule has 1 aromatic rings. The first-order chi connectivity index (χ1) is 9.90. The van der Waals surface area contributed by atoms with Crippen LogP contribution in [0.1, 0.15) is 19.3 Å². The summed E-state index contributed by atoms with van der Waals surface area (Å²) in [5.74, 6) is -0.717. The van der Waals surface area contributed by atoms with E-state index in [2.05, 4.69) is 5.32 Å². The lowest BCUT2D eigenvalue weighted by atomic mass is 9.99. The molecule has 116 valence electrons. The van der Waals surface area contributed by atoms with Gasteiger partial charge < -0.3 is 21.3 Å². The second-order valence-corrected chi connectivity index (χ2v) is 6.04. The first-order valence-corrected chi connectivity index (χ1v) is 7.41. The smallest absolute Gasteiger partial charge is 0.303 e. The monoisotopic (exact) mass is 315 g/mol. The topological polar surface area (TPSA) is 139 Å². The highest BCUT2D eigenvalue weighted by molar-refractivity contribution is 7.14. The summed E-state index contributed by atoms with van der Waals surface area (Å²) in [4.78, 5) is 21.1. The quantitative estimate of drug-likeness (QED) is 0.444. The summed E-state index contributed by atoms with van der Waals surface area (Å²) >= 11 is 1.17. The minimum absolute atomic E-state index is 0.0534. The summed E-state index contributed by atoms with van der Waals surface area (Å²) in [7, 11) is 0. The molecule has 1 aliphatic carbocycles. The van der Waals surface area contributed by atoms with Gasteiger partial charge in [-0.3, -0.25) is 14.9 Å². The van der Waals surface area contributed by atoms with Crippen molar-refractivity contribution < 1.29 is 19.9 Å². The molecule has 1 heterocycles. The molecule has 2 rings (SSSR count). The summed E-state index contributed by atoms with van der Waals surface area (Å²) in [6.45, 7) is 0. The fourth-order valence-electron chi connectivity index (χ4n) is 2.61. The molecule has 1 aliphatic rings. The van der Waals surface area contributed by atoms with Crippen molar-refractivity contribution in [1.82, 2.24) is 0 Å². The Morgan fingerprint density at radius 3 is 2.86 bits per heavy atom. The molecule has 4 atom stereocenters. The number of aliphatic hydroxyl groups excluding tert-OH is 2. The van der Waals surface area contributed by atoms with E-state index in [-0.39, 0.29) is 18.0 Å². The van der Waals surface area contributed by atoms with Crippen LogP contribution in [0.3, 0.4) is 0 Å². The third-order valence-corrected chi connectivity index (χ3v) is 4.56. The van der Waals surface area contributed by atoms with Crippen LogP contribution in [0, 0.1) is 16.0 Å². The predicted octanol–water partition coefficient (Wildman–Crippen LogP) is 0.444. The van der Waals surface area contributed by atoms with E-state index >= 15 is 0 Å². The van der Waals surface area contributed by atoms with Crippen molar-refractivity contribution in [3.05, 3.63) is 21.6 Å². The maximum Gasteiger partial charge on any atom is 0.303 e. The number of nitrogens with one attached hydrogen (secondary N) is 1. The minimum Gasteiger partial charge on any atom is -0.390 e. The Kier molecular flexibility index (Phi) is 4.76. The standard InChI is InChI=1S/C12H17N3O5S/c13-9(16)2-1-6-5-7(11(18)10(6)17)14-12-8(15(19)20)3-4-21-12/h3-4,6-7,10-11,14,17-18H,1-2,5H2,(H2,13,16). The number of anilines is 1. The summed E-state index contributed by atoms with van der Waals surface area (Å²) in [5, 5.41) is 35.7. The molecule has 0 saturated heterocycles. The third kappa shape index (κ3) is 3.49. The zero-order valence-corrected chi connectivity index (χ0v) is 12.0. The van der Waals surface area contributed by atoms with Gasteiger partial charge >= 0.3 is 5.69 Å². The van der Waals surface area contributed by atoms with Crippen molar-refractivity contribution in [1.29, 1.82) is 0 Å². The van der Waals surface area contributed by atoms with Crippen LogP contribution in [0.2, 0.25) is 0 Å². The number of aliphatic hydroxyl groups is 2. The molecule has 0 spiro atoms. The van der Waals surface area contributed by atoms with E-state index in [1.54, 1.807) is 5.38 Å². The summed E-state index contributed by atoms with van der Waals surface area (Å²) in [5.41, 5.74) is 5.02. The Morgan fingerprint density at radius 2 is 2.24 bits per heavy atom. The number of carbonyl (C=O) groups is 1. The van der Waals surface area contributed by atoms with Crippen molar-refractivity contribution in [3.8, 4) is 0 Å². The average Bonchev–Trinajstić information content (AvgIpc) is 2.97. The van der Waals surface area contributed by atoms with Gasteiger partial charge in [0.15, 0.2) is 5.00 Å². The van der Waals surface area contributed by atoms with Crippen LogP contribution >= 0.6 is 11.3 Å². The van der Waals surface area contributed by atoms with Gasteiger partial charge in [-0.2, -0.15) is 0 Å². The molecule has 1 amide bonds. The van der Waals surface area contributed by atoms with Crippen LogP contribution < -0.4 is 11.1 Å². The molecule has 1 fully saturated rings. The Morgan fingerprint density at radius 1 is 1.52 bits per heavy atom. The second-order valence-electron chi connectivity index (χ2n) is 5.12. The molecular weight excluding hydrogens is 298 g/mol. The largest absolute Gasteiger partial charge is 0.390 e. The van der Waals surface area contributed by atoms with Crippen molar-refractivity contribution >= 4 is 27.9 Å². The van der Waals surface area contributed by atoms with Crippen molar-refractivity contribution in [3.63, 3.8) is 0 Å². The van der Waals surface area contributed by atoms with Gasteiger partial charge in [0.05, 0.1) is 17.1 Å². The number of hydrogen-bond acceptors (Lipinski definition) is 7. The molecule has 1 aromatic heterocycles. The normalized spacial score (nSPS) is 28.5. The average molecular weight is 315 g/mol. The Balaban J connectivity index is 2.02. The maximum atomic E-state index is 10.9. The number of hydrogen-bond donors (Lipinski definition) is 4. The van der Waals surface area contributed by atoms with Crippen molar-refractivity contribution in [2.24, 2.45) is 11.7 Å². The lowest BCUT2D eigenvalue weighted by molar-refractivity contribution is -0.383. The molecule has 0 radical (unpaired) electrons. The number of primary amides is 1. The van der Waals surface area contributed by atoms with E-state index in [9.17, 15) is 25.1 Å². The zero-order valence-electron chi connectivity index (χ0n) is 11.1. The molecule has 8 nitrogen and oxygen atoms in total.